The van der Waals surface area contributed by atoms with Gasteiger partial charge in [0, 0.05) is 32.2 Å². The van der Waals surface area contributed by atoms with E-state index >= 15 is 0 Å². The average molecular weight is 333 g/mol. The fourth-order valence-electron chi connectivity index (χ4n) is 2.82. The normalized spacial score (nSPS) is 16.7. The first-order valence-electron chi connectivity index (χ1n) is 7.61. The molecule has 1 N–H and O–H groups in total. The van der Waals surface area contributed by atoms with Crippen molar-refractivity contribution in [3.8, 4) is 11.5 Å². The number of rotatable bonds is 7. The van der Waals surface area contributed by atoms with E-state index in [0.717, 1.165) is 37.5 Å². The van der Waals surface area contributed by atoms with Gasteiger partial charge in [-0.15, -0.1) is 12.4 Å². The highest BCUT2D eigenvalue weighted by Gasteiger charge is 2.23. The summed E-state index contributed by atoms with van der Waals surface area (Å²) >= 11 is 0. The van der Waals surface area contributed by atoms with Gasteiger partial charge in [0.25, 0.3) is 0 Å². The van der Waals surface area contributed by atoms with Crippen LogP contribution in [-0.4, -0.2) is 51.5 Å². The number of alkyl halides is 1. The molecule has 1 aliphatic rings. The van der Waals surface area contributed by atoms with Gasteiger partial charge in [0.1, 0.15) is 0 Å². The highest BCUT2D eigenvalue weighted by molar-refractivity contribution is 5.85. The number of nitrogens with one attached hydrogen (secondary N) is 1. The molecule has 0 aromatic heterocycles. The van der Waals surface area contributed by atoms with E-state index in [1.54, 1.807) is 7.11 Å². The van der Waals surface area contributed by atoms with Crippen molar-refractivity contribution in [1.82, 2.24) is 10.2 Å². The minimum Gasteiger partial charge on any atom is -0.493 e. The highest BCUT2D eigenvalue weighted by Crippen LogP contribution is 2.33. The molecule has 6 heteroatoms. The quantitative estimate of drug-likeness (QED) is 0.832. The molecule has 1 aromatic rings. The number of ether oxygens (including phenoxy) is 2. The number of hydrogen-bond donors (Lipinski definition) is 1. The molecule has 0 bridgehead atoms. The molecule has 1 aliphatic heterocycles. The Morgan fingerprint density at radius 3 is 2.59 bits per heavy atom. The molecule has 0 spiro atoms. The van der Waals surface area contributed by atoms with E-state index in [-0.39, 0.29) is 25.1 Å². The van der Waals surface area contributed by atoms with Gasteiger partial charge in [0.2, 0.25) is 0 Å². The van der Waals surface area contributed by atoms with Crippen LogP contribution in [0.1, 0.15) is 24.9 Å². The zero-order chi connectivity index (χ0) is 15.1. The minimum absolute atomic E-state index is 0. The maximum absolute atomic E-state index is 13.0. The summed E-state index contributed by atoms with van der Waals surface area (Å²) in [6.07, 6.45) is 0.511. The Morgan fingerprint density at radius 2 is 2.00 bits per heavy atom. The maximum atomic E-state index is 13.0. The Morgan fingerprint density at radius 1 is 1.27 bits per heavy atom. The Balaban J connectivity index is 0.00000242. The predicted octanol–water partition coefficient (Wildman–Crippen LogP) is 2.82. The van der Waals surface area contributed by atoms with E-state index in [4.69, 9.17) is 9.47 Å². The van der Waals surface area contributed by atoms with Crippen LogP contribution >= 0.6 is 12.4 Å². The number of piperazine rings is 1. The summed E-state index contributed by atoms with van der Waals surface area (Å²) in [5, 5.41) is 3.33. The van der Waals surface area contributed by atoms with Gasteiger partial charge in [-0.25, -0.2) is 0 Å². The molecule has 1 saturated heterocycles. The summed E-state index contributed by atoms with van der Waals surface area (Å²) in [7, 11) is 1.64. The SMILES string of the molecule is CCOc1ccc([C@@H](CCF)N2CCNCC2)cc1OC.Cl. The van der Waals surface area contributed by atoms with Crippen molar-refractivity contribution in [2.75, 3.05) is 46.6 Å². The van der Waals surface area contributed by atoms with Crippen molar-refractivity contribution >= 4 is 12.4 Å². The Labute approximate surface area is 138 Å². The third-order valence-corrected chi connectivity index (χ3v) is 3.85. The van der Waals surface area contributed by atoms with E-state index in [0.29, 0.717) is 18.8 Å². The summed E-state index contributed by atoms with van der Waals surface area (Å²) in [5.74, 6) is 1.46. The molecule has 22 heavy (non-hydrogen) atoms. The molecule has 1 atom stereocenters. The van der Waals surface area contributed by atoms with Crippen LogP contribution in [0.25, 0.3) is 0 Å². The van der Waals surface area contributed by atoms with Crippen LogP contribution in [0.15, 0.2) is 18.2 Å². The highest BCUT2D eigenvalue weighted by atomic mass is 35.5. The van der Waals surface area contributed by atoms with Gasteiger partial charge in [-0.05, 0) is 31.0 Å². The van der Waals surface area contributed by atoms with E-state index < -0.39 is 0 Å². The van der Waals surface area contributed by atoms with Crippen LogP contribution in [0, 0.1) is 0 Å². The van der Waals surface area contributed by atoms with Crippen LogP contribution in [0.2, 0.25) is 0 Å². The fraction of sp³-hybridized carbons (Fsp3) is 0.625. The third-order valence-electron chi connectivity index (χ3n) is 3.85. The molecule has 0 aliphatic carbocycles. The molecule has 1 aromatic carbocycles. The van der Waals surface area contributed by atoms with Gasteiger partial charge in [-0.3, -0.25) is 9.29 Å². The first-order chi connectivity index (χ1) is 10.3. The molecule has 126 valence electrons. The summed E-state index contributed by atoms with van der Waals surface area (Å²) in [5.41, 5.74) is 1.09. The molecule has 1 heterocycles. The van der Waals surface area contributed by atoms with E-state index in [1.165, 1.54) is 0 Å². The number of benzene rings is 1. The van der Waals surface area contributed by atoms with Gasteiger partial charge in [-0.2, -0.15) is 0 Å². The molecule has 1 fully saturated rings. The van der Waals surface area contributed by atoms with Crippen LogP contribution in [0.4, 0.5) is 4.39 Å². The molecular formula is C16H26ClFN2O2. The van der Waals surface area contributed by atoms with Crippen LogP contribution < -0.4 is 14.8 Å². The van der Waals surface area contributed by atoms with Crippen molar-refractivity contribution < 1.29 is 13.9 Å². The lowest BCUT2D eigenvalue weighted by Gasteiger charge is -2.35. The maximum Gasteiger partial charge on any atom is 0.161 e. The molecule has 0 saturated carbocycles. The van der Waals surface area contributed by atoms with Crippen molar-refractivity contribution in [3.05, 3.63) is 23.8 Å². The lowest BCUT2D eigenvalue weighted by molar-refractivity contribution is 0.157. The van der Waals surface area contributed by atoms with Crippen LogP contribution in [0.5, 0.6) is 11.5 Å². The molecule has 0 radical (unpaired) electrons. The van der Waals surface area contributed by atoms with Crippen molar-refractivity contribution in [2.24, 2.45) is 0 Å². The topological polar surface area (TPSA) is 33.7 Å². The molecule has 4 nitrogen and oxygen atoms in total. The summed E-state index contributed by atoms with van der Waals surface area (Å²) in [6, 6.07) is 6.02. The second-order valence-corrected chi connectivity index (χ2v) is 5.12. The van der Waals surface area contributed by atoms with E-state index in [2.05, 4.69) is 10.2 Å². The van der Waals surface area contributed by atoms with Gasteiger partial charge in [0.05, 0.1) is 20.4 Å². The lowest BCUT2D eigenvalue weighted by Crippen LogP contribution is -2.45. The van der Waals surface area contributed by atoms with Crippen LogP contribution in [0.3, 0.4) is 0 Å². The Bertz CT molecular complexity index is 442. The van der Waals surface area contributed by atoms with Gasteiger partial charge < -0.3 is 14.8 Å². The Kier molecular flexibility index (Phi) is 8.53. The second kappa shape index (κ2) is 9.87. The summed E-state index contributed by atoms with van der Waals surface area (Å²) in [4.78, 5) is 2.34. The van der Waals surface area contributed by atoms with Crippen molar-refractivity contribution in [1.29, 1.82) is 0 Å². The number of hydrogen-bond acceptors (Lipinski definition) is 4. The monoisotopic (exact) mass is 332 g/mol. The minimum atomic E-state index is -0.315. The fourth-order valence-corrected chi connectivity index (χ4v) is 2.82. The first-order valence-corrected chi connectivity index (χ1v) is 7.61. The number of nitrogens with zero attached hydrogens (tertiary/aromatic N) is 1. The predicted molar refractivity (Wildman–Crippen MR) is 89.2 cm³/mol. The molecule has 0 unspecified atom stereocenters. The molecule has 0 amide bonds. The lowest BCUT2D eigenvalue weighted by atomic mass is 10.0. The number of methoxy groups -OCH3 is 1. The van der Waals surface area contributed by atoms with Crippen LogP contribution in [-0.2, 0) is 0 Å². The second-order valence-electron chi connectivity index (χ2n) is 5.12. The smallest absolute Gasteiger partial charge is 0.161 e. The largest absolute Gasteiger partial charge is 0.493 e. The summed E-state index contributed by atoms with van der Waals surface area (Å²) < 4.78 is 23.9. The zero-order valence-corrected chi connectivity index (χ0v) is 14.1. The van der Waals surface area contributed by atoms with Gasteiger partial charge in [-0.1, -0.05) is 6.07 Å². The van der Waals surface area contributed by atoms with Crippen molar-refractivity contribution in [2.45, 2.75) is 19.4 Å². The van der Waals surface area contributed by atoms with Gasteiger partial charge in [0.15, 0.2) is 11.5 Å². The standard InChI is InChI=1S/C16H25FN2O2.ClH/c1-3-21-15-5-4-13(12-16(15)20-2)14(6-7-17)19-10-8-18-9-11-19;/h4-5,12,14,18H,3,6-11H2,1-2H3;1H/t14-;/m1./s1. The molecular weight excluding hydrogens is 307 g/mol. The third kappa shape index (κ3) is 4.73. The average Bonchev–Trinajstić information content (AvgIpc) is 2.54. The summed E-state index contributed by atoms with van der Waals surface area (Å²) in [6.45, 7) is 6.03. The van der Waals surface area contributed by atoms with E-state index in [1.807, 2.05) is 25.1 Å². The van der Waals surface area contributed by atoms with E-state index in [9.17, 15) is 4.39 Å². The zero-order valence-electron chi connectivity index (χ0n) is 13.3. The Hall–Kier alpha value is -1.04. The first kappa shape index (κ1) is 19.0. The van der Waals surface area contributed by atoms with Crippen molar-refractivity contribution in [3.63, 3.8) is 0 Å². The van der Waals surface area contributed by atoms with Gasteiger partial charge >= 0.3 is 0 Å². The number of halogens is 2. The molecule has 2 rings (SSSR count).